The Bertz CT molecular complexity index is 88.2. The number of hydrogen-bond donors (Lipinski definition) is 1. The van der Waals surface area contributed by atoms with E-state index in [0.29, 0.717) is 6.54 Å². The van der Waals surface area contributed by atoms with Gasteiger partial charge in [-0.1, -0.05) is 20.8 Å². The van der Waals surface area contributed by atoms with Gasteiger partial charge in [-0.3, -0.25) is 4.90 Å². The Kier molecular flexibility index (Phi) is 6.46. The highest BCUT2D eigenvalue weighted by Gasteiger charge is 2.18. The number of nitrogens with zero attached hydrogens (tertiary/aromatic N) is 1. The van der Waals surface area contributed by atoms with Crippen LogP contribution in [0.5, 0.6) is 0 Å². The molecule has 1 N–H and O–H groups in total. The minimum Gasteiger partial charge on any atom is -0.311 e. The first-order chi connectivity index (χ1) is 5.34. The maximum Gasteiger partial charge on any atom is 0.166 e. The highest BCUT2D eigenvalue weighted by Crippen LogP contribution is 2.01. The summed E-state index contributed by atoms with van der Waals surface area (Å²) in [4.78, 5) is 1.83. The van der Waals surface area contributed by atoms with Crippen LogP contribution in [0.15, 0.2) is 0 Å². The van der Waals surface area contributed by atoms with Crippen molar-refractivity contribution in [2.75, 3.05) is 26.2 Å². The molecule has 0 saturated carbocycles. The lowest BCUT2D eigenvalue weighted by Gasteiger charge is -2.29. The molecule has 1 aliphatic rings. The zero-order valence-corrected chi connectivity index (χ0v) is 7.73. The fraction of sp³-hybridized carbons (Fsp3) is 1.00. The Morgan fingerprint density at radius 3 is 2.55 bits per heavy atom. The number of nitrogens with one attached hydrogen (secondary N) is 1. The van der Waals surface area contributed by atoms with E-state index >= 15 is 0 Å². The van der Waals surface area contributed by atoms with Crippen molar-refractivity contribution < 1.29 is 4.39 Å². The van der Waals surface area contributed by atoms with Crippen LogP contribution in [0.1, 0.15) is 20.8 Å². The average Bonchev–Trinajstić information content (AvgIpc) is 2.09. The van der Waals surface area contributed by atoms with Gasteiger partial charge in [-0.2, -0.15) is 0 Å². The van der Waals surface area contributed by atoms with Crippen LogP contribution in [-0.2, 0) is 0 Å². The molecule has 1 fully saturated rings. The molecule has 3 heteroatoms. The summed E-state index contributed by atoms with van der Waals surface area (Å²) in [7, 11) is 0. The second kappa shape index (κ2) is 6.55. The Balaban J connectivity index is 0.000000461. The van der Waals surface area contributed by atoms with Gasteiger partial charge in [0.1, 0.15) is 0 Å². The molecule has 1 saturated heterocycles. The number of piperazine rings is 1. The van der Waals surface area contributed by atoms with Crippen LogP contribution in [0.2, 0.25) is 0 Å². The third kappa shape index (κ3) is 3.68. The molecule has 1 rings (SSSR count). The van der Waals surface area contributed by atoms with Crippen molar-refractivity contribution >= 4 is 0 Å². The second-order valence-electron chi connectivity index (χ2n) is 2.27. The van der Waals surface area contributed by atoms with Gasteiger partial charge in [0, 0.05) is 19.6 Å². The molecule has 68 valence electrons. The van der Waals surface area contributed by atoms with Crippen LogP contribution in [-0.4, -0.2) is 37.4 Å². The van der Waals surface area contributed by atoms with Gasteiger partial charge in [-0.25, -0.2) is 4.39 Å². The summed E-state index contributed by atoms with van der Waals surface area (Å²) < 4.78 is 12.7. The van der Waals surface area contributed by atoms with Gasteiger partial charge >= 0.3 is 0 Å². The summed E-state index contributed by atoms with van der Waals surface area (Å²) in [6, 6.07) is 0. The van der Waals surface area contributed by atoms with E-state index < -0.39 is 6.30 Å². The summed E-state index contributed by atoms with van der Waals surface area (Å²) in [6.07, 6.45) is -0.760. The molecule has 1 atom stereocenters. The lowest BCUT2D eigenvalue weighted by molar-refractivity contribution is 0.0642. The van der Waals surface area contributed by atoms with Crippen LogP contribution in [0, 0.1) is 0 Å². The molecule has 2 nitrogen and oxygen atoms in total. The normalized spacial score (nSPS) is 25.6. The molecule has 11 heavy (non-hydrogen) atoms. The zero-order chi connectivity index (χ0) is 8.69. The SMILES string of the molecule is CC.CCN1CCNCC1F. The van der Waals surface area contributed by atoms with Crippen molar-refractivity contribution in [3.63, 3.8) is 0 Å². The summed E-state index contributed by atoms with van der Waals surface area (Å²) in [5.74, 6) is 0. The molecule has 0 amide bonds. The Labute approximate surface area is 68.8 Å². The highest BCUT2D eigenvalue weighted by molar-refractivity contribution is 4.69. The third-order valence-corrected chi connectivity index (χ3v) is 1.69. The second-order valence-corrected chi connectivity index (χ2v) is 2.27. The first kappa shape index (κ1) is 10.8. The number of halogens is 1. The predicted octanol–water partition coefficient (Wildman–Crippen LogP) is 1.23. The highest BCUT2D eigenvalue weighted by atomic mass is 19.1. The van der Waals surface area contributed by atoms with Gasteiger partial charge in [0.2, 0.25) is 0 Å². The van der Waals surface area contributed by atoms with Gasteiger partial charge in [0.05, 0.1) is 0 Å². The van der Waals surface area contributed by atoms with Gasteiger partial charge in [0.15, 0.2) is 6.30 Å². The summed E-state index contributed by atoms with van der Waals surface area (Å²) in [5, 5.41) is 2.98. The molecule has 0 radical (unpaired) electrons. The van der Waals surface area contributed by atoms with E-state index in [1.807, 2.05) is 25.7 Å². The molecule has 1 aliphatic heterocycles. The van der Waals surface area contributed by atoms with Crippen molar-refractivity contribution in [3.8, 4) is 0 Å². The number of hydrogen-bond acceptors (Lipinski definition) is 2. The quantitative estimate of drug-likeness (QED) is 0.583. The first-order valence-corrected chi connectivity index (χ1v) is 4.43. The topological polar surface area (TPSA) is 15.3 Å². The maximum absolute atomic E-state index is 12.7. The summed E-state index contributed by atoms with van der Waals surface area (Å²) in [5.41, 5.74) is 0. The molecule has 1 heterocycles. The van der Waals surface area contributed by atoms with Crippen LogP contribution in [0.3, 0.4) is 0 Å². The monoisotopic (exact) mass is 162 g/mol. The van der Waals surface area contributed by atoms with E-state index in [-0.39, 0.29) is 0 Å². The lowest BCUT2D eigenvalue weighted by atomic mass is 10.3. The van der Waals surface area contributed by atoms with Crippen molar-refractivity contribution in [1.29, 1.82) is 0 Å². The van der Waals surface area contributed by atoms with Crippen molar-refractivity contribution in [1.82, 2.24) is 10.2 Å². The minimum absolute atomic E-state index is 0.494. The zero-order valence-electron chi connectivity index (χ0n) is 7.73. The number of rotatable bonds is 1. The maximum atomic E-state index is 12.7. The minimum atomic E-state index is -0.760. The predicted molar refractivity (Wildman–Crippen MR) is 46.4 cm³/mol. The molecule has 0 bridgehead atoms. The average molecular weight is 162 g/mol. The van der Waals surface area contributed by atoms with E-state index in [4.69, 9.17) is 0 Å². The van der Waals surface area contributed by atoms with Crippen LogP contribution >= 0.6 is 0 Å². The van der Waals surface area contributed by atoms with Crippen molar-refractivity contribution in [2.24, 2.45) is 0 Å². The molecule has 0 aliphatic carbocycles. The smallest absolute Gasteiger partial charge is 0.166 e. The Hall–Kier alpha value is -0.150. The Morgan fingerprint density at radius 2 is 2.18 bits per heavy atom. The summed E-state index contributed by atoms with van der Waals surface area (Å²) >= 11 is 0. The molecular weight excluding hydrogens is 143 g/mol. The van der Waals surface area contributed by atoms with E-state index in [0.717, 1.165) is 19.6 Å². The summed E-state index contributed by atoms with van der Waals surface area (Å²) in [6.45, 7) is 9.07. The molecule has 1 unspecified atom stereocenters. The molecule has 0 spiro atoms. The molecule has 0 aromatic carbocycles. The van der Waals surface area contributed by atoms with E-state index in [9.17, 15) is 4.39 Å². The largest absolute Gasteiger partial charge is 0.311 e. The van der Waals surface area contributed by atoms with Crippen molar-refractivity contribution in [3.05, 3.63) is 0 Å². The van der Waals surface area contributed by atoms with Gasteiger partial charge in [-0.15, -0.1) is 0 Å². The van der Waals surface area contributed by atoms with Crippen LogP contribution in [0.4, 0.5) is 4.39 Å². The fourth-order valence-electron chi connectivity index (χ4n) is 1.07. The van der Waals surface area contributed by atoms with E-state index in [2.05, 4.69) is 5.32 Å². The fourth-order valence-corrected chi connectivity index (χ4v) is 1.07. The molecule has 0 aromatic heterocycles. The molecular formula is C8H19FN2. The van der Waals surface area contributed by atoms with Crippen LogP contribution < -0.4 is 5.32 Å². The number of likely N-dealkylation sites (N-methyl/N-ethyl adjacent to an activating group) is 1. The van der Waals surface area contributed by atoms with E-state index in [1.165, 1.54) is 0 Å². The van der Waals surface area contributed by atoms with Crippen molar-refractivity contribution in [2.45, 2.75) is 27.1 Å². The van der Waals surface area contributed by atoms with Gasteiger partial charge in [-0.05, 0) is 6.54 Å². The number of alkyl halides is 1. The standard InChI is InChI=1S/C6H13FN2.C2H6/c1-2-9-4-3-8-5-6(9)7;1-2/h6,8H,2-5H2,1H3;1-2H3. The van der Waals surface area contributed by atoms with Gasteiger partial charge < -0.3 is 5.32 Å². The van der Waals surface area contributed by atoms with Crippen LogP contribution in [0.25, 0.3) is 0 Å². The van der Waals surface area contributed by atoms with E-state index in [1.54, 1.807) is 0 Å². The first-order valence-electron chi connectivity index (χ1n) is 4.43. The molecule has 0 aromatic rings. The third-order valence-electron chi connectivity index (χ3n) is 1.69. The lowest BCUT2D eigenvalue weighted by Crippen LogP contribution is -2.48. The Morgan fingerprint density at radius 1 is 1.55 bits per heavy atom. The van der Waals surface area contributed by atoms with Gasteiger partial charge in [0.25, 0.3) is 0 Å².